The summed E-state index contributed by atoms with van der Waals surface area (Å²) in [6.07, 6.45) is 0. The molecule has 100 valence electrons. The second-order valence-corrected chi connectivity index (χ2v) is 5.26. The molecular weight excluding hydrogens is 330 g/mol. The van der Waals surface area contributed by atoms with Crippen molar-refractivity contribution >= 4 is 33.2 Å². The van der Waals surface area contributed by atoms with Gasteiger partial charge in [-0.05, 0) is 30.3 Å². The van der Waals surface area contributed by atoms with Crippen LogP contribution in [0, 0.1) is 0 Å². The Balaban J connectivity index is 2.21. The van der Waals surface area contributed by atoms with E-state index in [1.165, 1.54) is 0 Å². The fraction of sp³-hybridized carbons (Fsp3) is 0.143. The quantitative estimate of drug-likeness (QED) is 0.863. The van der Waals surface area contributed by atoms with Gasteiger partial charge in [-0.25, -0.2) is 0 Å². The van der Waals surface area contributed by atoms with Crippen molar-refractivity contribution in [1.29, 1.82) is 0 Å². The van der Waals surface area contributed by atoms with Gasteiger partial charge in [-0.2, -0.15) is 0 Å². The van der Waals surface area contributed by atoms with Gasteiger partial charge >= 0.3 is 0 Å². The van der Waals surface area contributed by atoms with Crippen molar-refractivity contribution in [2.45, 2.75) is 6.54 Å². The van der Waals surface area contributed by atoms with E-state index in [-0.39, 0.29) is 5.75 Å². The lowest BCUT2D eigenvalue weighted by atomic mass is 10.2. The highest BCUT2D eigenvalue weighted by atomic mass is 79.9. The monoisotopic (exact) mass is 341 g/mol. The van der Waals surface area contributed by atoms with Crippen LogP contribution in [0.2, 0.25) is 5.02 Å². The SMILES string of the molecule is COc1ccc(Br)cc1NCc1c(O)cccc1Cl. The number of hydrogen-bond acceptors (Lipinski definition) is 3. The standard InChI is InChI=1S/C14H13BrClNO2/c1-19-14-6-5-9(15)7-12(14)17-8-10-11(16)3-2-4-13(10)18/h2-7,17-18H,8H2,1H3. The van der Waals surface area contributed by atoms with Crippen LogP contribution in [0.4, 0.5) is 5.69 Å². The summed E-state index contributed by atoms with van der Waals surface area (Å²) in [4.78, 5) is 0. The summed E-state index contributed by atoms with van der Waals surface area (Å²) >= 11 is 9.47. The van der Waals surface area contributed by atoms with Crippen molar-refractivity contribution < 1.29 is 9.84 Å². The number of rotatable bonds is 4. The predicted molar refractivity (Wildman–Crippen MR) is 81.1 cm³/mol. The highest BCUT2D eigenvalue weighted by molar-refractivity contribution is 9.10. The molecule has 2 N–H and O–H groups in total. The van der Waals surface area contributed by atoms with Crippen LogP contribution in [0.1, 0.15) is 5.56 Å². The number of hydrogen-bond donors (Lipinski definition) is 2. The second-order valence-electron chi connectivity index (χ2n) is 3.94. The van der Waals surface area contributed by atoms with Crippen LogP contribution in [0.25, 0.3) is 0 Å². The first kappa shape index (κ1) is 14.0. The fourth-order valence-electron chi connectivity index (χ4n) is 1.72. The van der Waals surface area contributed by atoms with Gasteiger partial charge in [-0.15, -0.1) is 0 Å². The van der Waals surface area contributed by atoms with Crippen molar-refractivity contribution in [2.75, 3.05) is 12.4 Å². The summed E-state index contributed by atoms with van der Waals surface area (Å²) in [7, 11) is 1.61. The highest BCUT2D eigenvalue weighted by Gasteiger charge is 2.08. The predicted octanol–water partition coefficient (Wildman–Crippen LogP) is 4.43. The molecule has 0 fully saturated rings. The molecule has 0 bridgehead atoms. The Morgan fingerprint density at radius 2 is 2.11 bits per heavy atom. The number of benzene rings is 2. The van der Waals surface area contributed by atoms with Crippen molar-refractivity contribution in [1.82, 2.24) is 0 Å². The first-order chi connectivity index (χ1) is 9.11. The molecular formula is C14H13BrClNO2. The number of ether oxygens (including phenoxy) is 1. The molecule has 0 spiro atoms. The largest absolute Gasteiger partial charge is 0.508 e. The maximum Gasteiger partial charge on any atom is 0.142 e. The van der Waals surface area contributed by atoms with Gasteiger partial charge in [-0.3, -0.25) is 0 Å². The van der Waals surface area contributed by atoms with Gasteiger partial charge in [0.25, 0.3) is 0 Å². The van der Waals surface area contributed by atoms with E-state index in [0.717, 1.165) is 15.9 Å². The molecule has 0 aliphatic rings. The third-order valence-electron chi connectivity index (χ3n) is 2.71. The van der Waals surface area contributed by atoms with Crippen LogP contribution in [0.15, 0.2) is 40.9 Å². The molecule has 0 radical (unpaired) electrons. The average Bonchev–Trinajstić information content (AvgIpc) is 2.38. The van der Waals surface area contributed by atoms with E-state index in [1.807, 2.05) is 18.2 Å². The number of aromatic hydroxyl groups is 1. The van der Waals surface area contributed by atoms with Crippen LogP contribution < -0.4 is 10.1 Å². The van der Waals surface area contributed by atoms with Gasteiger partial charge in [0.15, 0.2) is 0 Å². The number of nitrogens with one attached hydrogen (secondary N) is 1. The molecule has 2 aromatic carbocycles. The number of methoxy groups -OCH3 is 1. The third-order valence-corrected chi connectivity index (χ3v) is 3.56. The Morgan fingerprint density at radius 1 is 1.32 bits per heavy atom. The minimum absolute atomic E-state index is 0.175. The van der Waals surface area contributed by atoms with Gasteiger partial charge in [0.2, 0.25) is 0 Å². The highest BCUT2D eigenvalue weighted by Crippen LogP contribution is 2.30. The molecule has 0 aliphatic carbocycles. The Labute approximate surface area is 125 Å². The van der Waals surface area contributed by atoms with Gasteiger partial charge in [0.05, 0.1) is 12.8 Å². The van der Waals surface area contributed by atoms with Crippen LogP contribution in [-0.4, -0.2) is 12.2 Å². The fourth-order valence-corrected chi connectivity index (χ4v) is 2.32. The van der Waals surface area contributed by atoms with Gasteiger partial charge in [-0.1, -0.05) is 33.6 Å². The molecule has 0 aromatic heterocycles. The minimum atomic E-state index is 0.175. The van der Waals surface area contributed by atoms with Crippen LogP contribution >= 0.6 is 27.5 Å². The smallest absolute Gasteiger partial charge is 0.142 e. The van der Waals surface area contributed by atoms with E-state index >= 15 is 0 Å². The number of halogens is 2. The van der Waals surface area contributed by atoms with E-state index in [1.54, 1.807) is 25.3 Å². The zero-order chi connectivity index (χ0) is 13.8. The third kappa shape index (κ3) is 3.33. The summed E-state index contributed by atoms with van der Waals surface area (Å²) in [6, 6.07) is 10.7. The molecule has 0 heterocycles. The molecule has 5 heteroatoms. The Bertz CT molecular complexity index is 569. The first-order valence-electron chi connectivity index (χ1n) is 5.65. The topological polar surface area (TPSA) is 41.5 Å². The molecule has 2 aromatic rings. The van der Waals surface area contributed by atoms with Crippen LogP contribution in [0.5, 0.6) is 11.5 Å². The Morgan fingerprint density at radius 3 is 2.79 bits per heavy atom. The zero-order valence-corrected chi connectivity index (χ0v) is 12.6. The Kier molecular flexibility index (Phi) is 4.56. The van der Waals surface area contributed by atoms with E-state index in [2.05, 4.69) is 21.2 Å². The molecule has 0 aliphatic heterocycles. The lowest BCUT2D eigenvalue weighted by Crippen LogP contribution is -2.02. The normalized spacial score (nSPS) is 10.3. The second kappa shape index (κ2) is 6.17. The summed E-state index contributed by atoms with van der Waals surface area (Å²) < 4.78 is 6.21. The average molecular weight is 343 g/mol. The maximum absolute atomic E-state index is 9.79. The van der Waals surface area contributed by atoms with Crippen molar-refractivity contribution in [3.05, 3.63) is 51.5 Å². The van der Waals surface area contributed by atoms with Crippen LogP contribution in [-0.2, 0) is 6.54 Å². The van der Waals surface area contributed by atoms with Crippen molar-refractivity contribution in [3.8, 4) is 11.5 Å². The van der Waals surface area contributed by atoms with Crippen molar-refractivity contribution in [3.63, 3.8) is 0 Å². The lowest BCUT2D eigenvalue weighted by molar-refractivity contribution is 0.416. The molecule has 0 amide bonds. The van der Waals surface area contributed by atoms with Crippen molar-refractivity contribution in [2.24, 2.45) is 0 Å². The first-order valence-corrected chi connectivity index (χ1v) is 6.82. The minimum Gasteiger partial charge on any atom is -0.508 e. The molecule has 0 saturated heterocycles. The molecule has 0 saturated carbocycles. The zero-order valence-electron chi connectivity index (χ0n) is 10.3. The molecule has 3 nitrogen and oxygen atoms in total. The summed E-state index contributed by atoms with van der Waals surface area (Å²) in [5.74, 6) is 0.906. The number of phenols is 1. The van der Waals surface area contributed by atoms with Crippen LogP contribution in [0.3, 0.4) is 0 Å². The van der Waals surface area contributed by atoms with Gasteiger partial charge in [0.1, 0.15) is 11.5 Å². The molecule has 0 atom stereocenters. The summed E-state index contributed by atoms with van der Waals surface area (Å²) in [6.45, 7) is 0.415. The number of phenolic OH excluding ortho intramolecular Hbond substituents is 1. The van der Waals surface area contributed by atoms with E-state index < -0.39 is 0 Å². The van der Waals surface area contributed by atoms with E-state index in [9.17, 15) is 5.11 Å². The summed E-state index contributed by atoms with van der Waals surface area (Å²) in [5.41, 5.74) is 1.49. The van der Waals surface area contributed by atoms with Gasteiger partial charge in [0, 0.05) is 21.6 Å². The number of anilines is 1. The molecule has 0 unspecified atom stereocenters. The van der Waals surface area contributed by atoms with Gasteiger partial charge < -0.3 is 15.2 Å². The Hall–Kier alpha value is -1.39. The lowest BCUT2D eigenvalue weighted by Gasteiger charge is -2.13. The summed E-state index contributed by atoms with van der Waals surface area (Å²) in [5, 5.41) is 13.5. The van der Waals surface area contributed by atoms with E-state index in [4.69, 9.17) is 16.3 Å². The molecule has 2 rings (SSSR count). The molecule has 19 heavy (non-hydrogen) atoms. The van der Waals surface area contributed by atoms with E-state index in [0.29, 0.717) is 17.1 Å². The maximum atomic E-state index is 9.79.